The third kappa shape index (κ3) is 4.26. The van der Waals surface area contributed by atoms with Crippen LogP contribution in [0.1, 0.15) is 37.2 Å². The molecule has 4 heteroatoms. The smallest absolute Gasteiger partial charge is 0.146 e. The second-order valence-corrected chi connectivity index (χ2v) is 6.61. The average molecular weight is 329 g/mol. The van der Waals surface area contributed by atoms with E-state index >= 15 is 0 Å². The van der Waals surface area contributed by atoms with Crippen LogP contribution in [0.15, 0.2) is 59.8 Å². The summed E-state index contributed by atoms with van der Waals surface area (Å²) in [5.74, 6) is 1.76. The standard InChI is InChI=1S/C19H21ClN2O/c20-17-7-4-8-18(13-17)21-19(22-23)12-14-9-10-16(11-14)15-5-2-1-3-6-15/h1-8,13-14,16,23H,9-12H2,(H,21,22)/t14-,16-/m1/s1. The first-order chi connectivity index (χ1) is 11.2. The predicted molar refractivity (Wildman–Crippen MR) is 95.4 cm³/mol. The first-order valence-electron chi connectivity index (χ1n) is 8.03. The van der Waals surface area contributed by atoms with Crippen molar-refractivity contribution in [3.63, 3.8) is 0 Å². The van der Waals surface area contributed by atoms with Crippen molar-refractivity contribution in [2.75, 3.05) is 5.32 Å². The van der Waals surface area contributed by atoms with Gasteiger partial charge in [-0.15, -0.1) is 0 Å². The second kappa shape index (κ2) is 7.51. The topological polar surface area (TPSA) is 44.6 Å². The van der Waals surface area contributed by atoms with Gasteiger partial charge in [-0.25, -0.2) is 0 Å². The zero-order valence-electron chi connectivity index (χ0n) is 13.0. The van der Waals surface area contributed by atoms with Crippen molar-refractivity contribution >= 4 is 23.1 Å². The van der Waals surface area contributed by atoms with Gasteiger partial charge in [-0.05, 0) is 54.9 Å². The third-order valence-corrected chi connectivity index (χ3v) is 4.76. The maximum Gasteiger partial charge on any atom is 0.146 e. The summed E-state index contributed by atoms with van der Waals surface area (Å²) in [5, 5.41) is 16.6. The molecular formula is C19H21ClN2O. The van der Waals surface area contributed by atoms with Crippen LogP contribution in [0.3, 0.4) is 0 Å². The molecule has 0 heterocycles. The molecule has 2 N–H and O–H groups in total. The van der Waals surface area contributed by atoms with E-state index in [-0.39, 0.29) is 0 Å². The molecule has 23 heavy (non-hydrogen) atoms. The third-order valence-electron chi connectivity index (χ3n) is 4.53. The summed E-state index contributed by atoms with van der Waals surface area (Å²) in [6.45, 7) is 0. The Morgan fingerprint density at radius 2 is 1.96 bits per heavy atom. The van der Waals surface area contributed by atoms with Gasteiger partial charge in [0.1, 0.15) is 5.84 Å². The summed E-state index contributed by atoms with van der Waals surface area (Å²) in [6, 6.07) is 18.1. The zero-order chi connectivity index (χ0) is 16.1. The van der Waals surface area contributed by atoms with Gasteiger partial charge in [-0.3, -0.25) is 0 Å². The van der Waals surface area contributed by atoms with E-state index in [2.05, 4.69) is 40.8 Å². The highest BCUT2D eigenvalue weighted by Gasteiger charge is 2.27. The molecule has 0 spiro atoms. The maximum absolute atomic E-state index is 9.29. The highest BCUT2D eigenvalue weighted by Crippen LogP contribution is 2.39. The highest BCUT2D eigenvalue weighted by atomic mass is 35.5. The Labute approximate surface area is 142 Å². The highest BCUT2D eigenvalue weighted by molar-refractivity contribution is 6.30. The van der Waals surface area contributed by atoms with Crippen molar-refractivity contribution in [1.82, 2.24) is 0 Å². The van der Waals surface area contributed by atoms with E-state index in [0.29, 0.717) is 22.7 Å². The minimum Gasteiger partial charge on any atom is -0.409 e. The van der Waals surface area contributed by atoms with Crippen LogP contribution in [0.2, 0.25) is 5.02 Å². The van der Waals surface area contributed by atoms with Crippen molar-refractivity contribution < 1.29 is 5.21 Å². The Hall–Kier alpha value is -2.00. The number of hydrogen-bond acceptors (Lipinski definition) is 2. The maximum atomic E-state index is 9.29. The Morgan fingerprint density at radius 3 is 2.70 bits per heavy atom. The van der Waals surface area contributed by atoms with E-state index in [1.165, 1.54) is 12.0 Å². The van der Waals surface area contributed by atoms with E-state index < -0.39 is 0 Å². The van der Waals surface area contributed by atoms with Crippen LogP contribution in [0.5, 0.6) is 0 Å². The first-order valence-corrected chi connectivity index (χ1v) is 8.41. The van der Waals surface area contributed by atoms with Crippen molar-refractivity contribution in [3.8, 4) is 0 Å². The molecule has 120 valence electrons. The average Bonchev–Trinajstić information content (AvgIpc) is 3.04. The van der Waals surface area contributed by atoms with Crippen LogP contribution >= 0.6 is 11.6 Å². The molecule has 2 aromatic rings. The molecule has 2 atom stereocenters. The molecule has 0 bridgehead atoms. The minimum absolute atomic E-state index is 0.540. The van der Waals surface area contributed by atoms with Gasteiger partial charge in [-0.1, -0.05) is 53.2 Å². The van der Waals surface area contributed by atoms with Crippen molar-refractivity contribution in [3.05, 3.63) is 65.2 Å². The number of oxime groups is 1. The number of nitrogens with one attached hydrogen (secondary N) is 1. The van der Waals surface area contributed by atoms with E-state index in [0.717, 1.165) is 24.9 Å². The van der Waals surface area contributed by atoms with Crippen LogP contribution in [0.4, 0.5) is 5.69 Å². The monoisotopic (exact) mass is 328 g/mol. The van der Waals surface area contributed by atoms with Gasteiger partial charge >= 0.3 is 0 Å². The molecule has 0 aromatic heterocycles. The molecule has 3 rings (SSSR count). The number of hydrogen-bond donors (Lipinski definition) is 2. The predicted octanol–water partition coefficient (Wildman–Crippen LogP) is 5.51. The summed E-state index contributed by atoms with van der Waals surface area (Å²) < 4.78 is 0. The molecule has 1 fully saturated rings. The molecular weight excluding hydrogens is 308 g/mol. The largest absolute Gasteiger partial charge is 0.409 e. The summed E-state index contributed by atoms with van der Waals surface area (Å²) in [7, 11) is 0. The summed E-state index contributed by atoms with van der Waals surface area (Å²) in [4.78, 5) is 0. The number of nitrogens with zero attached hydrogens (tertiary/aromatic N) is 1. The van der Waals surface area contributed by atoms with Crippen LogP contribution in [-0.2, 0) is 0 Å². The molecule has 2 aromatic carbocycles. The molecule has 1 aliphatic carbocycles. The number of amidine groups is 1. The van der Waals surface area contributed by atoms with Crippen LogP contribution in [-0.4, -0.2) is 11.0 Å². The minimum atomic E-state index is 0.540. The van der Waals surface area contributed by atoms with Gasteiger partial charge in [-0.2, -0.15) is 0 Å². The Bertz CT molecular complexity index is 672. The van der Waals surface area contributed by atoms with Crippen molar-refractivity contribution in [1.29, 1.82) is 0 Å². The van der Waals surface area contributed by atoms with Crippen molar-refractivity contribution in [2.24, 2.45) is 11.1 Å². The zero-order valence-corrected chi connectivity index (χ0v) is 13.7. The molecule has 0 radical (unpaired) electrons. The van der Waals surface area contributed by atoms with Gasteiger partial charge in [0.05, 0.1) is 0 Å². The van der Waals surface area contributed by atoms with E-state index in [9.17, 15) is 5.21 Å². The number of anilines is 1. The lowest BCUT2D eigenvalue weighted by molar-refractivity contribution is 0.316. The van der Waals surface area contributed by atoms with Crippen LogP contribution < -0.4 is 5.32 Å². The van der Waals surface area contributed by atoms with Crippen molar-refractivity contribution in [2.45, 2.75) is 31.6 Å². The molecule has 0 amide bonds. The Kier molecular flexibility index (Phi) is 5.19. The fourth-order valence-corrected chi connectivity index (χ4v) is 3.60. The molecule has 0 unspecified atom stereocenters. The number of halogens is 1. The molecule has 1 aliphatic rings. The number of rotatable bonds is 4. The number of benzene rings is 2. The summed E-state index contributed by atoms with van der Waals surface area (Å²) in [5.41, 5.74) is 2.27. The SMILES string of the molecule is O/N=C(/C[C@@H]1CC[C@@H](c2ccccc2)C1)Nc1cccc(Cl)c1. The van der Waals surface area contributed by atoms with Gasteiger partial charge in [0, 0.05) is 17.1 Å². The van der Waals surface area contributed by atoms with Gasteiger partial charge in [0.15, 0.2) is 0 Å². The van der Waals surface area contributed by atoms with Crippen LogP contribution in [0.25, 0.3) is 0 Å². The van der Waals surface area contributed by atoms with Gasteiger partial charge in [0.2, 0.25) is 0 Å². The molecule has 0 aliphatic heterocycles. The quantitative estimate of drug-likeness (QED) is 0.336. The second-order valence-electron chi connectivity index (χ2n) is 6.17. The van der Waals surface area contributed by atoms with Gasteiger partial charge < -0.3 is 10.5 Å². The van der Waals surface area contributed by atoms with E-state index in [1.807, 2.05) is 24.3 Å². The first kappa shape index (κ1) is 15.9. The summed E-state index contributed by atoms with van der Waals surface area (Å²) >= 11 is 5.99. The Morgan fingerprint density at radius 1 is 1.13 bits per heavy atom. The molecule has 0 saturated heterocycles. The van der Waals surface area contributed by atoms with Gasteiger partial charge in [0.25, 0.3) is 0 Å². The van der Waals surface area contributed by atoms with E-state index in [1.54, 1.807) is 0 Å². The lowest BCUT2D eigenvalue weighted by atomic mass is 9.95. The van der Waals surface area contributed by atoms with E-state index in [4.69, 9.17) is 11.6 Å². The lowest BCUT2D eigenvalue weighted by Crippen LogP contribution is -2.16. The fourth-order valence-electron chi connectivity index (χ4n) is 3.41. The molecule has 1 saturated carbocycles. The van der Waals surface area contributed by atoms with Crippen LogP contribution in [0, 0.1) is 5.92 Å². The molecule has 3 nitrogen and oxygen atoms in total. The Balaban J connectivity index is 1.58. The fraction of sp³-hybridized carbons (Fsp3) is 0.316. The summed E-state index contributed by atoms with van der Waals surface area (Å²) in [6.07, 6.45) is 4.26. The normalized spacial score (nSPS) is 21.3. The lowest BCUT2D eigenvalue weighted by Gasteiger charge is -2.14.